The molecule has 0 aliphatic rings. The fraction of sp³-hybridized carbons (Fsp3) is 0.526. The summed E-state index contributed by atoms with van der Waals surface area (Å²) in [5.74, 6) is -0.868. The van der Waals surface area contributed by atoms with Gasteiger partial charge in [0.05, 0.1) is 27.7 Å². The molecule has 2 atom stereocenters. The van der Waals surface area contributed by atoms with E-state index >= 15 is 0 Å². The first-order valence-corrected chi connectivity index (χ1v) is 34.3. The van der Waals surface area contributed by atoms with Crippen molar-refractivity contribution in [1.82, 2.24) is 0 Å². The molecule has 0 heterocycles. The minimum absolute atomic E-state index is 0.0105. The number of allylic oxidation sites excluding steroid dienone is 34. The second-order valence-electron chi connectivity index (χ2n) is 22.0. The smallest absolute Gasteiger partial charge is 0.462 e. The van der Waals surface area contributed by atoms with Gasteiger partial charge in [0.15, 0.2) is 6.10 Å². The number of ether oxygens (including phenoxy) is 2. The number of likely N-dealkylation sites (N-methyl/N-ethyl adjacent to an activating group) is 1. The minimum Gasteiger partial charge on any atom is -0.462 e. The summed E-state index contributed by atoms with van der Waals surface area (Å²) in [6.45, 7) is 4.11. The summed E-state index contributed by atoms with van der Waals surface area (Å²) >= 11 is 0. The number of phosphoric acid groups is 1. The summed E-state index contributed by atoms with van der Waals surface area (Å²) in [5.41, 5.74) is 0. The van der Waals surface area contributed by atoms with Crippen LogP contribution in [-0.4, -0.2) is 74.9 Å². The van der Waals surface area contributed by atoms with E-state index in [2.05, 4.69) is 220 Å². The Hall–Kier alpha value is -5.41. The molecule has 0 rings (SSSR count). The van der Waals surface area contributed by atoms with Gasteiger partial charge < -0.3 is 18.9 Å². The Morgan fingerprint density at radius 1 is 0.360 bits per heavy atom. The van der Waals surface area contributed by atoms with Crippen molar-refractivity contribution in [3.63, 3.8) is 0 Å². The number of unbranched alkanes of at least 4 members (excludes halogenated alkanes) is 9. The fourth-order valence-corrected chi connectivity index (χ4v) is 8.59. The van der Waals surface area contributed by atoms with Gasteiger partial charge in [0.2, 0.25) is 0 Å². The molecular weight excluding hydrogens is 1090 g/mol. The van der Waals surface area contributed by atoms with Crippen LogP contribution in [0.25, 0.3) is 0 Å². The van der Waals surface area contributed by atoms with Gasteiger partial charge in [-0.2, -0.15) is 0 Å². The van der Waals surface area contributed by atoms with E-state index in [9.17, 15) is 19.0 Å². The van der Waals surface area contributed by atoms with Crippen LogP contribution in [0, 0.1) is 0 Å². The molecule has 2 unspecified atom stereocenters. The average Bonchev–Trinajstić information content (AvgIpc) is 3.56. The van der Waals surface area contributed by atoms with Gasteiger partial charge in [-0.25, -0.2) is 4.57 Å². The van der Waals surface area contributed by atoms with E-state index in [0.29, 0.717) is 23.9 Å². The van der Waals surface area contributed by atoms with Crippen molar-refractivity contribution in [2.45, 2.75) is 213 Å². The van der Waals surface area contributed by atoms with Crippen LogP contribution in [0.15, 0.2) is 207 Å². The number of carbonyl (C=O) groups is 2. The maximum atomic E-state index is 12.9. The van der Waals surface area contributed by atoms with Crippen LogP contribution in [0.3, 0.4) is 0 Å². The quantitative estimate of drug-likeness (QED) is 0.0211. The Morgan fingerprint density at radius 3 is 0.930 bits per heavy atom. The van der Waals surface area contributed by atoms with E-state index in [4.69, 9.17) is 18.5 Å². The van der Waals surface area contributed by atoms with E-state index in [0.717, 1.165) is 167 Å². The molecule has 0 aromatic heterocycles. The highest BCUT2D eigenvalue weighted by Gasteiger charge is 2.27. The molecule has 86 heavy (non-hydrogen) atoms. The normalized spacial score (nSPS) is 14.5. The average molecular weight is 1210 g/mol. The van der Waals surface area contributed by atoms with E-state index in [1.165, 1.54) is 0 Å². The Morgan fingerprint density at radius 2 is 0.628 bits per heavy atom. The van der Waals surface area contributed by atoms with E-state index < -0.39 is 32.5 Å². The SMILES string of the molecule is CC/C=C\C/C=C\C/C=C\C/C=C\C/C=C\C/C=C\C/C=C\C/C=C\C/C=C\C/C=C\C/C=C\CCCCCCCC(=O)OC(COC(=O)CCCCCC/C=C\C/C=C\C/C=C\C/C=C\C/C=C\C/C=C\CC)COP(=O)(O)OCC[N+](C)(C)C. The molecule has 10 heteroatoms. The zero-order valence-electron chi connectivity index (χ0n) is 54.4. The van der Waals surface area contributed by atoms with Gasteiger partial charge >= 0.3 is 19.8 Å². The molecule has 0 bridgehead atoms. The molecule has 9 nitrogen and oxygen atoms in total. The molecule has 0 radical (unpaired) electrons. The van der Waals surface area contributed by atoms with Crippen molar-refractivity contribution < 1.29 is 42.1 Å². The lowest BCUT2D eigenvalue weighted by atomic mass is 10.1. The molecule has 0 saturated heterocycles. The molecule has 0 spiro atoms. The minimum atomic E-state index is -4.42. The number of esters is 2. The molecule has 0 saturated carbocycles. The molecule has 0 aromatic rings. The summed E-state index contributed by atoms with van der Waals surface area (Å²) in [7, 11) is 1.41. The molecular formula is C76H119NO8P+. The van der Waals surface area contributed by atoms with Crippen molar-refractivity contribution in [1.29, 1.82) is 0 Å². The van der Waals surface area contributed by atoms with Crippen molar-refractivity contribution >= 4 is 19.8 Å². The maximum absolute atomic E-state index is 12.9. The van der Waals surface area contributed by atoms with Gasteiger partial charge in [-0.3, -0.25) is 18.6 Å². The van der Waals surface area contributed by atoms with Crippen molar-refractivity contribution in [3.8, 4) is 0 Å². The van der Waals surface area contributed by atoms with Gasteiger partial charge in [0.1, 0.15) is 19.8 Å². The molecule has 1 N–H and O–H groups in total. The Kier molecular flexibility index (Phi) is 60.0. The van der Waals surface area contributed by atoms with Gasteiger partial charge in [0.25, 0.3) is 0 Å². The van der Waals surface area contributed by atoms with Gasteiger partial charge in [-0.15, -0.1) is 0 Å². The highest BCUT2D eigenvalue weighted by molar-refractivity contribution is 7.47. The van der Waals surface area contributed by atoms with Crippen LogP contribution in [0.1, 0.15) is 206 Å². The zero-order chi connectivity index (χ0) is 62.6. The van der Waals surface area contributed by atoms with Crippen LogP contribution in [0.4, 0.5) is 0 Å². The number of hydrogen-bond acceptors (Lipinski definition) is 7. The predicted molar refractivity (Wildman–Crippen MR) is 371 cm³/mol. The molecule has 0 aromatic carbocycles. The summed E-state index contributed by atoms with van der Waals surface area (Å²) < 4.78 is 34.6. The first-order valence-electron chi connectivity index (χ1n) is 32.8. The lowest BCUT2D eigenvalue weighted by Crippen LogP contribution is -2.37. The molecule has 480 valence electrons. The second-order valence-corrected chi connectivity index (χ2v) is 23.5. The number of nitrogens with zero attached hydrogens (tertiary/aromatic N) is 1. The lowest BCUT2D eigenvalue weighted by Gasteiger charge is -2.24. The van der Waals surface area contributed by atoms with Crippen LogP contribution in [0.2, 0.25) is 0 Å². The van der Waals surface area contributed by atoms with Crippen LogP contribution < -0.4 is 0 Å². The summed E-state index contributed by atoms with van der Waals surface area (Å²) in [5, 5.41) is 0. The third kappa shape index (κ3) is 67.7. The maximum Gasteiger partial charge on any atom is 0.472 e. The van der Waals surface area contributed by atoms with Gasteiger partial charge in [0, 0.05) is 12.8 Å². The third-order valence-electron chi connectivity index (χ3n) is 12.8. The standard InChI is InChI=1S/C76H118NO8P/c1-6-8-10-12-14-16-18-20-22-24-26-28-30-31-32-33-34-35-36-37-38-39-40-41-42-43-44-45-47-49-51-53-55-57-59-61-63-65-67-69-76(79)85-74(73-84-86(80,81)83-71-70-77(3,4)5)72-82-75(78)68-66-64-62-60-58-56-54-52-50-48-46-29-27-25-23-21-19-17-15-13-11-9-7-2/h8-11,14-17,20-23,26-29,31-32,34-35,37-38,40-41,43-44,47-50,53-56,74H,6-7,12-13,18-19,24-25,30,33,36,39,42,45-46,51-52,57-73H2,1-5H3/p+1/b10-8-,11-9-,16-14-,17-15-,22-20-,23-21-,28-26-,29-27-,32-31-,35-34-,38-37-,41-40-,44-43-,49-47-,50-48-,55-53-,56-54-. The molecule has 0 fully saturated rings. The van der Waals surface area contributed by atoms with Crippen LogP contribution in [-0.2, 0) is 32.7 Å². The van der Waals surface area contributed by atoms with Gasteiger partial charge in [-0.1, -0.05) is 253 Å². The highest BCUT2D eigenvalue weighted by Crippen LogP contribution is 2.43. The van der Waals surface area contributed by atoms with Crippen molar-refractivity contribution in [2.75, 3.05) is 47.5 Å². The van der Waals surface area contributed by atoms with Gasteiger partial charge in [-0.05, 0) is 148 Å². The lowest BCUT2D eigenvalue weighted by molar-refractivity contribution is -0.870. The van der Waals surface area contributed by atoms with Crippen molar-refractivity contribution in [3.05, 3.63) is 207 Å². The summed E-state index contributed by atoms with van der Waals surface area (Å²) in [6.07, 6.45) is 102. The Balaban J connectivity index is 4.26. The summed E-state index contributed by atoms with van der Waals surface area (Å²) in [4.78, 5) is 35.8. The van der Waals surface area contributed by atoms with Crippen LogP contribution in [0.5, 0.6) is 0 Å². The van der Waals surface area contributed by atoms with E-state index in [-0.39, 0.29) is 26.1 Å². The second kappa shape index (κ2) is 64.1. The number of quaternary nitrogens is 1. The number of hydrogen-bond donors (Lipinski definition) is 1. The highest BCUT2D eigenvalue weighted by atomic mass is 31.2. The summed E-state index contributed by atoms with van der Waals surface area (Å²) in [6, 6.07) is 0. The number of phosphoric ester groups is 1. The van der Waals surface area contributed by atoms with Crippen LogP contribution >= 0.6 is 7.82 Å². The first-order chi connectivity index (χ1) is 42.0. The van der Waals surface area contributed by atoms with E-state index in [1.807, 2.05) is 21.1 Å². The number of rotatable bonds is 57. The number of carbonyl (C=O) groups excluding carboxylic acids is 2. The molecule has 0 amide bonds. The third-order valence-corrected chi connectivity index (χ3v) is 13.8. The Labute approximate surface area is 525 Å². The fourth-order valence-electron chi connectivity index (χ4n) is 7.84. The van der Waals surface area contributed by atoms with Crippen molar-refractivity contribution in [2.24, 2.45) is 0 Å². The molecule has 0 aliphatic carbocycles. The molecule has 0 aliphatic heterocycles. The Bertz CT molecular complexity index is 2200. The predicted octanol–water partition coefficient (Wildman–Crippen LogP) is 21.5. The van der Waals surface area contributed by atoms with E-state index in [1.54, 1.807) is 0 Å². The largest absolute Gasteiger partial charge is 0.472 e. The zero-order valence-corrected chi connectivity index (χ0v) is 55.3. The first kappa shape index (κ1) is 80.6. The topological polar surface area (TPSA) is 108 Å². The monoisotopic (exact) mass is 1200 g/mol.